The summed E-state index contributed by atoms with van der Waals surface area (Å²) in [7, 11) is 0. The zero-order valence-corrected chi connectivity index (χ0v) is 17.4. The van der Waals surface area contributed by atoms with E-state index in [1.165, 1.54) is 6.33 Å². The lowest BCUT2D eigenvalue weighted by Gasteiger charge is -2.33. The molecular formula is C24H24N6O. The molecular weight excluding hydrogens is 388 g/mol. The number of aromatic nitrogens is 4. The summed E-state index contributed by atoms with van der Waals surface area (Å²) in [6.45, 7) is 3.47. The van der Waals surface area contributed by atoms with Crippen molar-refractivity contribution in [3.05, 3.63) is 72.7 Å². The number of piperidine rings is 1. The molecule has 1 fully saturated rings. The molecule has 7 heteroatoms. The van der Waals surface area contributed by atoms with E-state index in [-0.39, 0.29) is 11.8 Å². The predicted molar refractivity (Wildman–Crippen MR) is 121 cm³/mol. The highest BCUT2D eigenvalue weighted by Gasteiger charge is 2.28. The van der Waals surface area contributed by atoms with Gasteiger partial charge in [-0.25, -0.2) is 4.98 Å². The van der Waals surface area contributed by atoms with Gasteiger partial charge in [0.15, 0.2) is 0 Å². The molecule has 1 amide bonds. The minimum Gasteiger partial charge on any atom is -0.356 e. The topological polar surface area (TPSA) is 75.4 Å². The number of carbonyl (C=O) groups excluding carboxylic acids is 1. The summed E-state index contributed by atoms with van der Waals surface area (Å²) >= 11 is 0. The number of carbonyl (C=O) groups is 1. The van der Waals surface area contributed by atoms with Gasteiger partial charge in [-0.15, -0.1) is 0 Å². The van der Waals surface area contributed by atoms with Crippen molar-refractivity contribution in [2.45, 2.75) is 19.8 Å². The second-order valence-electron chi connectivity index (χ2n) is 7.91. The number of nitrogens with one attached hydrogen (secondary N) is 1. The molecule has 156 valence electrons. The van der Waals surface area contributed by atoms with Crippen molar-refractivity contribution in [2.75, 3.05) is 23.3 Å². The summed E-state index contributed by atoms with van der Waals surface area (Å²) < 4.78 is 1.75. The van der Waals surface area contributed by atoms with Crippen LogP contribution in [0.2, 0.25) is 0 Å². The molecule has 0 spiro atoms. The largest absolute Gasteiger partial charge is 0.356 e. The molecule has 0 radical (unpaired) electrons. The summed E-state index contributed by atoms with van der Waals surface area (Å²) in [4.78, 5) is 24.1. The smallest absolute Gasteiger partial charge is 0.254 e. The number of rotatable bonds is 4. The third kappa shape index (κ3) is 3.86. The summed E-state index contributed by atoms with van der Waals surface area (Å²) in [6, 6.07) is 20.1. The summed E-state index contributed by atoms with van der Waals surface area (Å²) in [5, 5.41) is 7.50. The van der Waals surface area contributed by atoms with E-state index in [1.807, 2.05) is 55.5 Å². The van der Waals surface area contributed by atoms with Crippen LogP contribution < -0.4 is 10.2 Å². The maximum atomic E-state index is 13.2. The van der Waals surface area contributed by atoms with Crippen molar-refractivity contribution in [3.8, 4) is 11.1 Å². The predicted octanol–water partition coefficient (Wildman–Crippen LogP) is 3.95. The molecule has 2 aromatic carbocycles. The molecule has 3 heterocycles. The average Bonchev–Trinajstić information content (AvgIpc) is 3.28. The van der Waals surface area contributed by atoms with Gasteiger partial charge in [-0.3, -0.25) is 4.79 Å². The second-order valence-corrected chi connectivity index (χ2v) is 7.91. The summed E-state index contributed by atoms with van der Waals surface area (Å²) in [5.74, 6) is 1.46. The van der Waals surface area contributed by atoms with Gasteiger partial charge >= 0.3 is 0 Å². The first-order valence-corrected chi connectivity index (χ1v) is 10.6. The number of fused-ring (bicyclic) bond motifs is 1. The maximum absolute atomic E-state index is 13.2. The van der Waals surface area contributed by atoms with Crippen LogP contribution in [0.15, 0.2) is 67.0 Å². The first-order valence-electron chi connectivity index (χ1n) is 10.6. The van der Waals surface area contributed by atoms with Gasteiger partial charge in [-0.2, -0.15) is 14.6 Å². The highest BCUT2D eigenvalue weighted by Crippen LogP contribution is 2.29. The second kappa shape index (κ2) is 8.18. The Morgan fingerprint density at radius 2 is 1.90 bits per heavy atom. The van der Waals surface area contributed by atoms with E-state index in [2.05, 4.69) is 37.4 Å². The normalized spacial score (nSPS) is 16.4. The van der Waals surface area contributed by atoms with Gasteiger partial charge in [0.2, 0.25) is 5.91 Å². The summed E-state index contributed by atoms with van der Waals surface area (Å²) in [5.41, 5.74) is 3.84. The zero-order chi connectivity index (χ0) is 21.2. The Balaban J connectivity index is 1.37. The van der Waals surface area contributed by atoms with E-state index in [1.54, 1.807) is 4.52 Å². The van der Waals surface area contributed by atoms with Crippen LogP contribution in [0, 0.1) is 12.8 Å². The Morgan fingerprint density at radius 3 is 2.77 bits per heavy atom. The number of hydrogen-bond acceptors (Lipinski definition) is 5. The fraction of sp³-hybridized carbons (Fsp3) is 0.250. The number of nitrogens with zero attached hydrogens (tertiary/aromatic N) is 5. The number of aryl methyl sites for hydroxylation is 1. The lowest BCUT2D eigenvalue weighted by Crippen LogP contribution is -2.41. The monoisotopic (exact) mass is 412 g/mol. The Hall–Kier alpha value is -3.74. The third-order valence-corrected chi connectivity index (χ3v) is 5.75. The number of para-hydroxylation sites is 1. The number of hydrogen-bond donors (Lipinski definition) is 1. The third-order valence-electron chi connectivity index (χ3n) is 5.75. The number of amides is 1. The van der Waals surface area contributed by atoms with Crippen LogP contribution in [-0.2, 0) is 4.79 Å². The molecule has 0 bridgehead atoms. The van der Waals surface area contributed by atoms with Crippen LogP contribution >= 0.6 is 0 Å². The quantitative estimate of drug-likeness (QED) is 0.549. The lowest BCUT2D eigenvalue weighted by atomic mass is 9.96. The van der Waals surface area contributed by atoms with Crippen LogP contribution in [0.4, 0.5) is 11.5 Å². The van der Waals surface area contributed by atoms with E-state index >= 15 is 0 Å². The molecule has 0 unspecified atom stereocenters. The highest BCUT2D eigenvalue weighted by molar-refractivity contribution is 5.97. The van der Waals surface area contributed by atoms with Crippen LogP contribution in [0.3, 0.4) is 0 Å². The van der Waals surface area contributed by atoms with Crippen molar-refractivity contribution in [3.63, 3.8) is 0 Å². The van der Waals surface area contributed by atoms with Crippen LogP contribution in [0.1, 0.15) is 18.5 Å². The fourth-order valence-electron chi connectivity index (χ4n) is 4.23. The van der Waals surface area contributed by atoms with E-state index in [9.17, 15) is 4.79 Å². The molecule has 2 aromatic heterocycles. The Bertz CT molecular complexity index is 1220. The van der Waals surface area contributed by atoms with Crippen molar-refractivity contribution >= 4 is 23.2 Å². The highest BCUT2D eigenvalue weighted by atomic mass is 16.1. The first kappa shape index (κ1) is 19.2. The van der Waals surface area contributed by atoms with Crippen molar-refractivity contribution in [2.24, 2.45) is 5.92 Å². The van der Waals surface area contributed by atoms with Gasteiger partial charge in [0.25, 0.3) is 5.78 Å². The molecule has 1 N–H and O–H groups in total. The molecule has 4 aromatic rings. The molecule has 0 aliphatic carbocycles. The number of benzene rings is 2. The molecule has 1 saturated heterocycles. The Labute approximate surface area is 180 Å². The zero-order valence-electron chi connectivity index (χ0n) is 17.4. The van der Waals surface area contributed by atoms with Gasteiger partial charge < -0.3 is 10.2 Å². The molecule has 1 aliphatic rings. The van der Waals surface area contributed by atoms with E-state index in [0.717, 1.165) is 47.7 Å². The van der Waals surface area contributed by atoms with Gasteiger partial charge in [0, 0.05) is 36.1 Å². The van der Waals surface area contributed by atoms with Crippen LogP contribution in [-0.4, -0.2) is 38.6 Å². The Morgan fingerprint density at radius 1 is 1.10 bits per heavy atom. The summed E-state index contributed by atoms with van der Waals surface area (Å²) in [6.07, 6.45) is 3.32. The van der Waals surface area contributed by atoms with Crippen molar-refractivity contribution in [1.29, 1.82) is 0 Å². The lowest BCUT2D eigenvalue weighted by molar-refractivity contribution is -0.120. The van der Waals surface area contributed by atoms with Crippen molar-refractivity contribution in [1.82, 2.24) is 19.6 Å². The van der Waals surface area contributed by atoms with Crippen molar-refractivity contribution < 1.29 is 4.79 Å². The maximum Gasteiger partial charge on any atom is 0.254 e. The van der Waals surface area contributed by atoms with Crippen LogP contribution in [0.5, 0.6) is 0 Å². The Kier molecular flexibility index (Phi) is 5.08. The van der Waals surface area contributed by atoms with E-state index in [4.69, 9.17) is 0 Å². The molecule has 31 heavy (non-hydrogen) atoms. The molecule has 5 rings (SSSR count). The van der Waals surface area contributed by atoms with E-state index in [0.29, 0.717) is 12.3 Å². The molecule has 1 aliphatic heterocycles. The minimum atomic E-state index is -0.107. The fourth-order valence-corrected chi connectivity index (χ4v) is 4.23. The van der Waals surface area contributed by atoms with E-state index < -0.39 is 0 Å². The van der Waals surface area contributed by atoms with Crippen LogP contribution in [0.25, 0.3) is 16.9 Å². The molecule has 1 atom stereocenters. The molecule has 0 saturated carbocycles. The average molecular weight is 412 g/mol. The van der Waals surface area contributed by atoms with Gasteiger partial charge in [-0.1, -0.05) is 48.5 Å². The first-order chi connectivity index (χ1) is 15.2. The molecule has 7 nitrogen and oxygen atoms in total. The van der Waals surface area contributed by atoms with Gasteiger partial charge in [0.1, 0.15) is 12.1 Å². The SMILES string of the molecule is Cc1cc(N2CCC[C@H](C(=O)Nc3ccccc3-c3ccccc3)C2)n2ncnc2n1. The van der Waals surface area contributed by atoms with Gasteiger partial charge in [-0.05, 0) is 31.4 Å². The van der Waals surface area contributed by atoms with Gasteiger partial charge in [0.05, 0.1) is 5.92 Å². The standard InChI is InChI=1S/C24H24N6O/c1-17-14-22(30-24(27-17)25-16-26-30)29-13-7-10-19(15-29)23(31)28-21-12-6-5-11-20(21)18-8-3-2-4-9-18/h2-6,8-9,11-12,14,16,19H,7,10,13,15H2,1H3,(H,28,31)/t19-/m0/s1. The number of anilines is 2. The minimum absolute atomic E-state index is 0.0497.